The van der Waals surface area contributed by atoms with Crippen molar-refractivity contribution in [2.24, 2.45) is 0 Å². The van der Waals surface area contributed by atoms with Crippen LogP contribution >= 0.6 is 11.5 Å². The fraction of sp³-hybridized carbons (Fsp3) is 0.455. The number of hydrogen-bond acceptors (Lipinski definition) is 8. The molecule has 20 heavy (non-hydrogen) atoms. The summed E-state index contributed by atoms with van der Waals surface area (Å²) >= 11 is 1.12. The highest BCUT2D eigenvalue weighted by atomic mass is 32.1. The van der Waals surface area contributed by atoms with Gasteiger partial charge in [-0.3, -0.25) is 4.79 Å². The molecule has 0 saturated heterocycles. The second kappa shape index (κ2) is 5.87. The van der Waals surface area contributed by atoms with Crippen molar-refractivity contribution in [2.75, 3.05) is 11.1 Å². The lowest BCUT2D eigenvalue weighted by molar-refractivity contribution is 0.0945. The minimum Gasteiger partial charge on any atom is -0.382 e. The summed E-state index contributed by atoms with van der Waals surface area (Å²) in [5, 5.41) is 10.1. The van der Waals surface area contributed by atoms with E-state index in [0.29, 0.717) is 28.8 Å². The van der Waals surface area contributed by atoms with Crippen LogP contribution in [0.15, 0.2) is 4.52 Å². The van der Waals surface area contributed by atoms with Gasteiger partial charge >= 0.3 is 0 Å². The number of aryl methyl sites for hydroxylation is 1. The van der Waals surface area contributed by atoms with Gasteiger partial charge in [-0.1, -0.05) is 5.16 Å². The Morgan fingerprint density at radius 3 is 2.85 bits per heavy atom. The first-order valence-corrected chi connectivity index (χ1v) is 6.83. The van der Waals surface area contributed by atoms with E-state index in [-0.39, 0.29) is 17.8 Å². The van der Waals surface area contributed by atoms with Crippen molar-refractivity contribution < 1.29 is 9.32 Å². The van der Waals surface area contributed by atoms with Crippen LogP contribution in [-0.2, 0) is 6.54 Å². The van der Waals surface area contributed by atoms with Crippen molar-refractivity contribution in [3.63, 3.8) is 0 Å². The summed E-state index contributed by atoms with van der Waals surface area (Å²) in [5.41, 5.74) is 6.09. The minimum absolute atomic E-state index is 0.0215. The lowest BCUT2D eigenvalue weighted by atomic mass is 10.2. The topological polar surface area (TPSA) is 119 Å². The smallest absolute Gasteiger partial charge is 0.258 e. The SMILES string of the molecule is Cc1noc(CNc2snc(N)c2C(=O)NC(C)C)n1. The Morgan fingerprint density at radius 1 is 1.50 bits per heavy atom. The quantitative estimate of drug-likeness (QED) is 0.757. The number of nitrogens with zero attached hydrogens (tertiary/aromatic N) is 3. The Hall–Kier alpha value is -2.16. The molecule has 0 aliphatic heterocycles. The summed E-state index contributed by atoms with van der Waals surface area (Å²) in [7, 11) is 0. The molecule has 9 heteroatoms. The van der Waals surface area contributed by atoms with Gasteiger partial charge in [0, 0.05) is 6.04 Å². The molecular weight excluding hydrogens is 280 g/mol. The second-order valence-electron chi connectivity index (χ2n) is 4.49. The van der Waals surface area contributed by atoms with E-state index in [1.54, 1.807) is 6.92 Å². The van der Waals surface area contributed by atoms with Crippen LogP contribution in [0.25, 0.3) is 0 Å². The standard InChI is InChI=1S/C11H16N6O2S/c1-5(2)14-10(18)8-9(12)17-20-11(8)13-4-7-15-6(3)16-19-7/h5,13H,4H2,1-3H3,(H2,12,17)(H,14,18). The summed E-state index contributed by atoms with van der Waals surface area (Å²) in [6.07, 6.45) is 0. The summed E-state index contributed by atoms with van der Waals surface area (Å²) < 4.78 is 8.98. The zero-order valence-electron chi connectivity index (χ0n) is 11.4. The molecule has 0 atom stereocenters. The van der Waals surface area contributed by atoms with Crippen LogP contribution < -0.4 is 16.4 Å². The van der Waals surface area contributed by atoms with E-state index in [9.17, 15) is 4.79 Å². The zero-order chi connectivity index (χ0) is 14.7. The van der Waals surface area contributed by atoms with Crippen LogP contribution in [0.5, 0.6) is 0 Å². The van der Waals surface area contributed by atoms with Gasteiger partial charge in [0.2, 0.25) is 5.89 Å². The van der Waals surface area contributed by atoms with Crippen molar-refractivity contribution in [3.8, 4) is 0 Å². The number of nitrogens with one attached hydrogen (secondary N) is 2. The molecule has 0 aromatic carbocycles. The highest BCUT2D eigenvalue weighted by Crippen LogP contribution is 2.27. The molecule has 0 saturated carbocycles. The van der Waals surface area contributed by atoms with Gasteiger partial charge in [0.05, 0.1) is 6.54 Å². The van der Waals surface area contributed by atoms with Gasteiger partial charge in [-0.05, 0) is 32.3 Å². The predicted octanol–water partition coefficient (Wildman–Crippen LogP) is 1.17. The summed E-state index contributed by atoms with van der Waals surface area (Å²) in [6, 6.07) is 0.0215. The minimum atomic E-state index is -0.254. The van der Waals surface area contributed by atoms with Crippen LogP contribution in [0, 0.1) is 6.92 Å². The van der Waals surface area contributed by atoms with E-state index in [1.165, 1.54) is 0 Å². The molecule has 0 radical (unpaired) electrons. The molecule has 0 unspecified atom stereocenters. The molecular formula is C11H16N6O2S. The van der Waals surface area contributed by atoms with E-state index in [1.807, 2.05) is 13.8 Å². The molecule has 0 aliphatic carbocycles. The number of anilines is 2. The van der Waals surface area contributed by atoms with Gasteiger partial charge in [-0.2, -0.15) is 9.36 Å². The van der Waals surface area contributed by atoms with Gasteiger partial charge in [0.15, 0.2) is 11.6 Å². The lowest BCUT2D eigenvalue weighted by Crippen LogP contribution is -2.30. The Bertz CT molecular complexity index is 606. The Morgan fingerprint density at radius 2 is 2.25 bits per heavy atom. The highest BCUT2D eigenvalue weighted by Gasteiger charge is 2.20. The third kappa shape index (κ3) is 3.23. The van der Waals surface area contributed by atoms with E-state index >= 15 is 0 Å². The van der Waals surface area contributed by atoms with Gasteiger partial charge in [0.1, 0.15) is 10.6 Å². The number of aromatic nitrogens is 3. The monoisotopic (exact) mass is 296 g/mol. The number of carbonyl (C=O) groups excluding carboxylic acids is 1. The molecule has 8 nitrogen and oxygen atoms in total. The van der Waals surface area contributed by atoms with Crippen molar-refractivity contribution in [2.45, 2.75) is 33.4 Å². The average molecular weight is 296 g/mol. The maximum absolute atomic E-state index is 12.1. The maximum atomic E-state index is 12.1. The largest absolute Gasteiger partial charge is 0.382 e. The number of nitrogen functional groups attached to an aromatic ring is 1. The van der Waals surface area contributed by atoms with Gasteiger partial charge < -0.3 is 20.9 Å². The first-order chi connectivity index (χ1) is 9.47. The maximum Gasteiger partial charge on any atom is 0.258 e. The Labute approximate surface area is 119 Å². The van der Waals surface area contributed by atoms with Crippen molar-refractivity contribution in [1.82, 2.24) is 19.8 Å². The molecule has 4 N–H and O–H groups in total. The molecule has 108 valence electrons. The fourth-order valence-corrected chi connectivity index (χ4v) is 2.25. The van der Waals surface area contributed by atoms with E-state index in [2.05, 4.69) is 25.1 Å². The van der Waals surface area contributed by atoms with Crippen LogP contribution in [0.4, 0.5) is 10.8 Å². The first-order valence-electron chi connectivity index (χ1n) is 6.06. The summed E-state index contributed by atoms with van der Waals surface area (Å²) in [6.45, 7) is 5.80. The molecule has 2 rings (SSSR count). The van der Waals surface area contributed by atoms with Gasteiger partial charge in [-0.15, -0.1) is 0 Å². The van der Waals surface area contributed by atoms with Gasteiger partial charge in [0.25, 0.3) is 5.91 Å². The van der Waals surface area contributed by atoms with Crippen molar-refractivity contribution in [1.29, 1.82) is 0 Å². The molecule has 0 bridgehead atoms. The van der Waals surface area contributed by atoms with Crippen molar-refractivity contribution >= 4 is 28.3 Å². The van der Waals surface area contributed by atoms with Crippen molar-refractivity contribution in [3.05, 3.63) is 17.3 Å². The summed E-state index contributed by atoms with van der Waals surface area (Å²) in [5.74, 6) is 0.945. The van der Waals surface area contributed by atoms with E-state index < -0.39 is 0 Å². The van der Waals surface area contributed by atoms with Gasteiger partial charge in [-0.25, -0.2) is 0 Å². The first kappa shape index (κ1) is 14.3. The van der Waals surface area contributed by atoms with Crippen LogP contribution in [0.3, 0.4) is 0 Å². The van der Waals surface area contributed by atoms with Crippen LogP contribution in [0.2, 0.25) is 0 Å². The molecule has 0 aliphatic rings. The van der Waals surface area contributed by atoms with Crippen LogP contribution in [0.1, 0.15) is 35.9 Å². The normalized spacial score (nSPS) is 10.8. The number of hydrogen-bond donors (Lipinski definition) is 3. The third-order valence-corrected chi connectivity index (χ3v) is 3.15. The highest BCUT2D eigenvalue weighted by molar-refractivity contribution is 7.11. The summed E-state index contributed by atoms with van der Waals surface area (Å²) in [4.78, 5) is 16.1. The zero-order valence-corrected chi connectivity index (χ0v) is 12.2. The predicted molar refractivity (Wildman–Crippen MR) is 75.5 cm³/mol. The fourth-order valence-electron chi connectivity index (χ4n) is 1.54. The number of rotatable bonds is 5. The Balaban J connectivity index is 2.10. The average Bonchev–Trinajstić information content (AvgIpc) is 2.92. The number of carbonyl (C=O) groups is 1. The lowest BCUT2D eigenvalue weighted by Gasteiger charge is -2.09. The van der Waals surface area contributed by atoms with E-state index in [4.69, 9.17) is 10.3 Å². The molecule has 0 fully saturated rings. The molecule has 2 heterocycles. The molecule has 2 aromatic rings. The molecule has 0 spiro atoms. The number of nitrogens with two attached hydrogens (primary N) is 1. The Kier molecular flexibility index (Phi) is 4.18. The number of amides is 1. The third-order valence-electron chi connectivity index (χ3n) is 2.34. The molecule has 1 amide bonds. The molecule has 2 aromatic heterocycles. The van der Waals surface area contributed by atoms with E-state index in [0.717, 1.165) is 11.5 Å². The second-order valence-corrected chi connectivity index (χ2v) is 5.26. The van der Waals surface area contributed by atoms with Crippen LogP contribution in [-0.4, -0.2) is 26.5 Å².